The van der Waals surface area contributed by atoms with E-state index in [2.05, 4.69) is 17.6 Å². The molecule has 1 aliphatic heterocycles. The summed E-state index contributed by atoms with van der Waals surface area (Å²) in [6.45, 7) is 7.25. The minimum atomic E-state index is -0.529. The first kappa shape index (κ1) is 22.3. The van der Waals surface area contributed by atoms with Crippen molar-refractivity contribution in [1.82, 2.24) is 5.32 Å². The lowest BCUT2D eigenvalue weighted by Gasteiger charge is -2.31. The van der Waals surface area contributed by atoms with Crippen molar-refractivity contribution >= 4 is 28.9 Å². The van der Waals surface area contributed by atoms with Crippen LogP contribution in [0.15, 0.2) is 36.4 Å². The van der Waals surface area contributed by atoms with Gasteiger partial charge in [-0.2, -0.15) is 0 Å². The predicted octanol–water partition coefficient (Wildman–Crippen LogP) is 3.82. The summed E-state index contributed by atoms with van der Waals surface area (Å²) in [5.41, 5.74) is 3.16. The fourth-order valence-corrected chi connectivity index (χ4v) is 3.79. The molecular weight excluding hydrogens is 396 g/mol. The maximum absolute atomic E-state index is 12.5. The molecule has 0 unspecified atom stereocenters. The van der Waals surface area contributed by atoms with Crippen LogP contribution in [-0.4, -0.2) is 36.4 Å². The third-order valence-corrected chi connectivity index (χ3v) is 5.71. The summed E-state index contributed by atoms with van der Waals surface area (Å²) < 4.78 is 0. The van der Waals surface area contributed by atoms with E-state index in [1.54, 1.807) is 12.1 Å². The van der Waals surface area contributed by atoms with Gasteiger partial charge in [0.25, 0.3) is 11.6 Å². The van der Waals surface area contributed by atoms with Gasteiger partial charge in [-0.15, -0.1) is 0 Å². The molecule has 1 fully saturated rings. The van der Waals surface area contributed by atoms with Crippen LogP contribution in [0.25, 0.3) is 0 Å². The summed E-state index contributed by atoms with van der Waals surface area (Å²) in [4.78, 5) is 37.9. The molecule has 0 saturated carbocycles. The molecule has 8 nitrogen and oxygen atoms in total. The van der Waals surface area contributed by atoms with Gasteiger partial charge in [-0.1, -0.05) is 25.1 Å². The van der Waals surface area contributed by atoms with E-state index in [1.807, 2.05) is 36.9 Å². The summed E-state index contributed by atoms with van der Waals surface area (Å²) in [6.07, 6.45) is 1.96. The maximum Gasteiger partial charge on any atom is 0.293 e. The number of benzene rings is 2. The van der Waals surface area contributed by atoms with Crippen LogP contribution in [0.3, 0.4) is 0 Å². The van der Waals surface area contributed by atoms with Gasteiger partial charge in [-0.3, -0.25) is 19.7 Å². The Balaban J connectivity index is 1.66. The minimum Gasteiger partial charge on any atom is -0.366 e. The van der Waals surface area contributed by atoms with Crippen molar-refractivity contribution in [3.63, 3.8) is 0 Å². The highest BCUT2D eigenvalue weighted by Gasteiger charge is 2.25. The monoisotopic (exact) mass is 424 g/mol. The second-order valence-electron chi connectivity index (χ2n) is 8.13. The number of nitrogens with one attached hydrogen (secondary N) is 2. The number of hydrogen-bond donors (Lipinski definition) is 2. The van der Waals surface area contributed by atoms with Crippen LogP contribution >= 0.6 is 0 Å². The van der Waals surface area contributed by atoms with E-state index in [1.165, 1.54) is 6.07 Å². The smallest absolute Gasteiger partial charge is 0.293 e. The van der Waals surface area contributed by atoms with Gasteiger partial charge in [0.1, 0.15) is 5.69 Å². The number of nitrogens with zero attached hydrogens (tertiary/aromatic N) is 2. The van der Waals surface area contributed by atoms with Crippen LogP contribution in [0.2, 0.25) is 0 Å². The van der Waals surface area contributed by atoms with Crippen molar-refractivity contribution in [2.24, 2.45) is 5.92 Å². The Bertz CT molecular complexity index is 977. The van der Waals surface area contributed by atoms with Gasteiger partial charge < -0.3 is 15.5 Å². The molecule has 1 heterocycles. The molecule has 31 heavy (non-hydrogen) atoms. The summed E-state index contributed by atoms with van der Waals surface area (Å²) >= 11 is 0. The lowest BCUT2D eigenvalue weighted by atomic mass is 9.98. The number of amides is 2. The summed E-state index contributed by atoms with van der Waals surface area (Å²) in [7, 11) is 0. The molecule has 2 aromatic carbocycles. The van der Waals surface area contributed by atoms with E-state index in [9.17, 15) is 19.7 Å². The second-order valence-corrected chi connectivity index (χ2v) is 8.13. The van der Waals surface area contributed by atoms with Crippen molar-refractivity contribution in [1.29, 1.82) is 0 Å². The van der Waals surface area contributed by atoms with E-state index in [0.29, 0.717) is 11.6 Å². The number of piperidine rings is 1. The average molecular weight is 425 g/mol. The van der Waals surface area contributed by atoms with Crippen LogP contribution in [0.1, 0.15) is 41.3 Å². The van der Waals surface area contributed by atoms with Gasteiger partial charge in [0, 0.05) is 30.4 Å². The number of para-hydroxylation sites is 1. The van der Waals surface area contributed by atoms with Gasteiger partial charge in [0.05, 0.1) is 11.5 Å². The second kappa shape index (κ2) is 9.59. The van der Waals surface area contributed by atoms with E-state index in [4.69, 9.17) is 0 Å². The van der Waals surface area contributed by atoms with Gasteiger partial charge in [0.15, 0.2) is 0 Å². The first-order chi connectivity index (χ1) is 14.8. The number of nitro benzene ring substituents is 1. The van der Waals surface area contributed by atoms with E-state index < -0.39 is 10.8 Å². The van der Waals surface area contributed by atoms with Crippen molar-refractivity contribution in [3.05, 3.63) is 63.2 Å². The van der Waals surface area contributed by atoms with Gasteiger partial charge in [-0.25, -0.2) is 0 Å². The molecule has 8 heteroatoms. The zero-order chi connectivity index (χ0) is 22.5. The molecule has 2 N–H and O–H groups in total. The zero-order valence-corrected chi connectivity index (χ0v) is 18.1. The van der Waals surface area contributed by atoms with Crippen LogP contribution < -0.4 is 15.5 Å². The maximum atomic E-state index is 12.5. The quantitative estimate of drug-likeness (QED) is 0.542. The number of nitro groups is 1. The molecule has 3 rings (SSSR count). The summed E-state index contributed by atoms with van der Waals surface area (Å²) in [5.74, 6) is -0.284. The number of hydrogen-bond acceptors (Lipinski definition) is 5. The highest BCUT2D eigenvalue weighted by atomic mass is 16.6. The Kier molecular flexibility index (Phi) is 6.89. The zero-order valence-electron chi connectivity index (χ0n) is 18.1. The van der Waals surface area contributed by atoms with Crippen molar-refractivity contribution in [2.45, 2.75) is 33.6 Å². The minimum absolute atomic E-state index is 0.0952. The Morgan fingerprint density at radius 3 is 2.39 bits per heavy atom. The lowest BCUT2D eigenvalue weighted by Crippen LogP contribution is -2.34. The van der Waals surface area contributed by atoms with Gasteiger partial charge in [-0.05, 0) is 55.9 Å². The average Bonchev–Trinajstić information content (AvgIpc) is 2.75. The van der Waals surface area contributed by atoms with Gasteiger partial charge >= 0.3 is 0 Å². The molecule has 2 amide bonds. The molecule has 0 aliphatic carbocycles. The third kappa shape index (κ3) is 5.39. The molecule has 2 aromatic rings. The van der Waals surface area contributed by atoms with Crippen molar-refractivity contribution in [2.75, 3.05) is 29.9 Å². The number of aryl methyl sites for hydroxylation is 2. The molecule has 1 aliphatic rings. The SMILES string of the molecule is Cc1cccc(C)c1NC(=O)CNC(=O)c1ccc(N2CCC(C)CC2)c([N+](=O)[O-])c1. The van der Waals surface area contributed by atoms with Crippen LogP contribution in [0.4, 0.5) is 17.1 Å². The van der Waals surface area contributed by atoms with E-state index >= 15 is 0 Å². The number of rotatable bonds is 6. The Morgan fingerprint density at radius 2 is 1.77 bits per heavy atom. The molecule has 0 radical (unpaired) electrons. The largest absolute Gasteiger partial charge is 0.366 e. The molecular formula is C23H28N4O4. The van der Waals surface area contributed by atoms with Crippen molar-refractivity contribution < 1.29 is 14.5 Å². The molecule has 0 aromatic heterocycles. The van der Waals surface area contributed by atoms with Crippen molar-refractivity contribution in [3.8, 4) is 0 Å². The summed E-state index contributed by atoms with van der Waals surface area (Å²) in [6, 6.07) is 10.2. The van der Waals surface area contributed by atoms with E-state index in [-0.39, 0.29) is 23.7 Å². The molecule has 0 spiro atoms. The third-order valence-electron chi connectivity index (χ3n) is 5.71. The Morgan fingerprint density at radius 1 is 1.13 bits per heavy atom. The summed E-state index contributed by atoms with van der Waals surface area (Å²) in [5, 5.41) is 17.0. The fourth-order valence-electron chi connectivity index (χ4n) is 3.79. The van der Waals surface area contributed by atoms with Crippen LogP contribution in [0.5, 0.6) is 0 Å². The fraction of sp³-hybridized carbons (Fsp3) is 0.391. The Hall–Kier alpha value is -3.42. The van der Waals surface area contributed by atoms with Crippen LogP contribution in [-0.2, 0) is 4.79 Å². The topological polar surface area (TPSA) is 105 Å². The predicted molar refractivity (Wildman–Crippen MR) is 121 cm³/mol. The number of anilines is 2. The normalized spacial score (nSPS) is 14.2. The molecule has 1 saturated heterocycles. The van der Waals surface area contributed by atoms with Crippen LogP contribution in [0, 0.1) is 29.9 Å². The molecule has 0 bridgehead atoms. The molecule has 164 valence electrons. The standard InChI is InChI=1S/C23H28N4O4/c1-15-9-11-26(12-10-15)19-8-7-18(13-20(19)27(30)31)23(29)24-14-21(28)25-22-16(2)5-4-6-17(22)3/h4-8,13,15H,9-12,14H2,1-3H3,(H,24,29)(H,25,28). The first-order valence-electron chi connectivity index (χ1n) is 10.4. The van der Waals surface area contributed by atoms with E-state index in [0.717, 1.165) is 42.7 Å². The lowest BCUT2D eigenvalue weighted by molar-refractivity contribution is -0.384. The highest BCUT2D eigenvalue weighted by molar-refractivity contribution is 6.00. The number of carbonyl (C=O) groups excluding carboxylic acids is 2. The molecule has 0 atom stereocenters. The van der Waals surface area contributed by atoms with Gasteiger partial charge in [0.2, 0.25) is 5.91 Å². The Labute approximate surface area is 181 Å². The number of carbonyl (C=O) groups is 2. The first-order valence-corrected chi connectivity index (χ1v) is 10.4. The highest BCUT2D eigenvalue weighted by Crippen LogP contribution is 2.32.